The number of aromatic nitrogens is 1. The number of anilines is 1. The quantitative estimate of drug-likeness (QED) is 0.865. The van der Waals surface area contributed by atoms with Crippen molar-refractivity contribution in [2.75, 3.05) is 19.1 Å². The van der Waals surface area contributed by atoms with E-state index in [2.05, 4.69) is 4.98 Å². The Hall–Kier alpha value is -2.07. The number of hydrogen-bond donors (Lipinski definition) is 0. The monoisotopic (exact) mass is 276 g/mol. The molecule has 4 nitrogen and oxygen atoms in total. The van der Waals surface area contributed by atoms with Gasteiger partial charge in [-0.3, -0.25) is 9.78 Å². The van der Waals surface area contributed by atoms with Crippen molar-refractivity contribution in [1.29, 1.82) is 0 Å². The standard InChI is InChI=1S/C14H13ClN2O2/c1-17(10-3-5-11(19-2)6-4-10)14(18)12-7-8-16-9-13(12)15/h3-9H,1-2H3. The van der Waals surface area contributed by atoms with Gasteiger partial charge in [-0.2, -0.15) is 0 Å². The molecule has 0 aliphatic carbocycles. The lowest BCUT2D eigenvalue weighted by Crippen LogP contribution is -2.26. The number of amides is 1. The lowest BCUT2D eigenvalue weighted by molar-refractivity contribution is 0.0993. The average molecular weight is 277 g/mol. The van der Waals surface area contributed by atoms with Crippen molar-refractivity contribution in [3.8, 4) is 5.75 Å². The number of carbonyl (C=O) groups excluding carboxylic acids is 1. The molecule has 2 rings (SSSR count). The van der Waals surface area contributed by atoms with Crippen molar-refractivity contribution in [3.63, 3.8) is 0 Å². The van der Waals surface area contributed by atoms with E-state index < -0.39 is 0 Å². The topological polar surface area (TPSA) is 42.4 Å². The van der Waals surface area contributed by atoms with Gasteiger partial charge in [0.1, 0.15) is 5.75 Å². The van der Waals surface area contributed by atoms with Crippen LogP contribution in [0.3, 0.4) is 0 Å². The van der Waals surface area contributed by atoms with Crippen LogP contribution >= 0.6 is 11.6 Å². The molecule has 0 radical (unpaired) electrons. The van der Waals surface area contributed by atoms with E-state index in [1.165, 1.54) is 11.1 Å². The lowest BCUT2D eigenvalue weighted by atomic mass is 10.2. The van der Waals surface area contributed by atoms with Crippen LogP contribution in [0.15, 0.2) is 42.7 Å². The predicted octanol–water partition coefficient (Wildman–Crippen LogP) is 3.02. The molecular weight excluding hydrogens is 264 g/mol. The van der Waals surface area contributed by atoms with Gasteiger partial charge in [-0.15, -0.1) is 0 Å². The number of methoxy groups -OCH3 is 1. The summed E-state index contributed by atoms with van der Waals surface area (Å²) >= 11 is 5.97. The highest BCUT2D eigenvalue weighted by atomic mass is 35.5. The maximum absolute atomic E-state index is 12.3. The summed E-state index contributed by atoms with van der Waals surface area (Å²) < 4.78 is 5.08. The molecule has 1 aromatic carbocycles. The third-order valence-electron chi connectivity index (χ3n) is 2.77. The number of carbonyl (C=O) groups is 1. The van der Waals surface area contributed by atoms with Crippen LogP contribution in [-0.4, -0.2) is 25.0 Å². The number of halogens is 1. The van der Waals surface area contributed by atoms with E-state index in [1.54, 1.807) is 38.6 Å². The van der Waals surface area contributed by atoms with E-state index in [1.807, 2.05) is 12.1 Å². The first-order valence-electron chi connectivity index (χ1n) is 5.65. The highest BCUT2D eigenvalue weighted by molar-refractivity contribution is 6.34. The fraction of sp³-hybridized carbons (Fsp3) is 0.143. The second-order valence-corrected chi connectivity index (χ2v) is 4.32. The summed E-state index contributed by atoms with van der Waals surface area (Å²) in [6, 6.07) is 8.82. The molecule has 0 aliphatic heterocycles. The molecule has 0 saturated carbocycles. The molecule has 0 bridgehead atoms. The van der Waals surface area contributed by atoms with Gasteiger partial charge in [-0.05, 0) is 30.3 Å². The molecule has 1 aromatic heterocycles. The summed E-state index contributed by atoms with van der Waals surface area (Å²) in [5, 5.41) is 0.341. The van der Waals surface area contributed by atoms with Crippen molar-refractivity contribution in [2.45, 2.75) is 0 Å². The molecule has 0 fully saturated rings. The maximum atomic E-state index is 12.3. The Bertz CT molecular complexity index is 584. The zero-order chi connectivity index (χ0) is 13.8. The third kappa shape index (κ3) is 2.85. The van der Waals surface area contributed by atoms with E-state index in [9.17, 15) is 4.79 Å². The van der Waals surface area contributed by atoms with Gasteiger partial charge in [-0.1, -0.05) is 11.6 Å². The minimum atomic E-state index is -0.183. The fourth-order valence-electron chi connectivity index (χ4n) is 1.65. The summed E-state index contributed by atoms with van der Waals surface area (Å²) in [5.41, 5.74) is 1.19. The van der Waals surface area contributed by atoms with Crippen molar-refractivity contribution in [3.05, 3.63) is 53.3 Å². The second kappa shape index (κ2) is 5.71. The highest BCUT2D eigenvalue weighted by Crippen LogP contribution is 2.22. The average Bonchev–Trinajstić information content (AvgIpc) is 2.46. The molecule has 5 heteroatoms. The van der Waals surface area contributed by atoms with Crippen molar-refractivity contribution >= 4 is 23.2 Å². The first kappa shape index (κ1) is 13.4. The largest absolute Gasteiger partial charge is 0.497 e. The fourth-order valence-corrected chi connectivity index (χ4v) is 1.85. The van der Waals surface area contributed by atoms with Crippen LogP contribution in [-0.2, 0) is 0 Å². The van der Waals surface area contributed by atoms with Crippen molar-refractivity contribution in [1.82, 2.24) is 4.98 Å². The number of pyridine rings is 1. The van der Waals surface area contributed by atoms with Gasteiger partial charge >= 0.3 is 0 Å². The van der Waals surface area contributed by atoms with E-state index in [0.29, 0.717) is 10.6 Å². The molecule has 0 unspecified atom stereocenters. The molecule has 98 valence electrons. The third-order valence-corrected chi connectivity index (χ3v) is 3.07. The Kier molecular flexibility index (Phi) is 4.02. The number of hydrogen-bond acceptors (Lipinski definition) is 3. The normalized spacial score (nSPS) is 10.1. The van der Waals surface area contributed by atoms with Gasteiger partial charge in [0.2, 0.25) is 0 Å². The van der Waals surface area contributed by atoms with Crippen LogP contribution in [0, 0.1) is 0 Å². The maximum Gasteiger partial charge on any atom is 0.259 e. The molecule has 0 N–H and O–H groups in total. The summed E-state index contributed by atoms with van der Waals surface area (Å²) in [6.45, 7) is 0. The number of ether oxygens (including phenoxy) is 1. The van der Waals surface area contributed by atoms with Crippen LogP contribution < -0.4 is 9.64 Å². The molecule has 0 aliphatic rings. The van der Waals surface area contributed by atoms with E-state index in [0.717, 1.165) is 11.4 Å². The van der Waals surface area contributed by atoms with Gasteiger partial charge < -0.3 is 9.64 Å². The molecule has 1 amide bonds. The molecule has 2 aromatic rings. The zero-order valence-corrected chi connectivity index (χ0v) is 11.4. The second-order valence-electron chi connectivity index (χ2n) is 3.92. The zero-order valence-electron chi connectivity index (χ0n) is 10.6. The van der Waals surface area contributed by atoms with Gasteiger partial charge in [0, 0.05) is 25.1 Å². The molecule has 1 heterocycles. The van der Waals surface area contributed by atoms with Crippen LogP contribution in [0.2, 0.25) is 5.02 Å². The summed E-state index contributed by atoms with van der Waals surface area (Å²) in [7, 11) is 3.29. The van der Waals surface area contributed by atoms with E-state index in [4.69, 9.17) is 16.3 Å². The molecule has 0 saturated heterocycles. The first-order chi connectivity index (χ1) is 9.13. The van der Waals surface area contributed by atoms with Crippen molar-refractivity contribution < 1.29 is 9.53 Å². The molecule has 0 atom stereocenters. The SMILES string of the molecule is COc1ccc(N(C)C(=O)c2ccncc2Cl)cc1. The Balaban J connectivity index is 2.26. The van der Waals surface area contributed by atoms with Crippen LogP contribution in [0.5, 0.6) is 5.75 Å². The minimum absolute atomic E-state index is 0.183. The van der Waals surface area contributed by atoms with Gasteiger partial charge in [0.15, 0.2) is 0 Å². The Labute approximate surface area is 116 Å². The number of nitrogens with zero attached hydrogens (tertiary/aromatic N) is 2. The smallest absolute Gasteiger partial charge is 0.259 e. The minimum Gasteiger partial charge on any atom is -0.497 e. The first-order valence-corrected chi connectivity index (χ1v) is 6.03. The Morgan fingerprint density at radius 2 is 1.95 bits per heavy atom. The number of benzene rings is 1. The van der Waals surface area contributed by atoms with Crippen molar-refractivity contribution in [2.24, 2.45) is 0 Å². The lowest BCUT2D eigenvalue weighted by Gasteiger charge is -2.18. The van der Waals surface area contributed by atoms with Crippen LogP contribution in [0.4, 0.5) is 5.69 Å². The molecular formula is C14H13ClN2O2. The Morgan fingerprint density at radius 3 is 2.53 bits per heavy atom. The molecule has 19 heavy (non-hydrogen) atoms. The van der Waals surface area contributed by atoms with Gasteiger partial charge in [0.05, 0.1) is 17.7 Å². The summed E-state index contributed by atoms with van der Waals surface area (Å²) in [5.74, 6) is 0.559. The van der Waals surface area contributed by atoms with Crippen LogP contribution in [0.1, 0.15) is 10.4 Å². The number of rotatable bonds is 3. The highest BCUT2D eigenvalue weighted by Gasteiger charge is 2.16. The summed E-state index contributed by atoms with van der Waals surface area (Å²) in [4.78, 5) is 17.7. The van der Waals surface area contributed by atoms with Gasteiger partial charge in [-0.25, -0.2) is 0 Å². The van der Waals surface area contributed by atoms with E-state index >= 15 is 0 Å². The predicted molar refractivity (Wildman–Crippen MR) is 75.0 cm³/mol. The van der Waals surface area contributed by atoms with E-state index in [-0.39, 0.29) is 5.91 Å². The Morgan fingerprint density at radius 1 is 1.26 bits per heavy atom. The van der Waals surface area contributed by atoms with Gasteiger partial charge in [0.25, 0.3) is 5.91 Å². The molecule has 0 spiro atoms. The summed E-state index contributed by atoms with van der Waals surface area (Å²) in [6.07, 6.45) is 3.00. The van der Waals surface area contributed by atoms with Crippen LogP contribution in [0.25, 0.3) is 0 Å².